The molecule has 1 atom stereocenters. The zero-order valence-electron chi connectivity index (χ0n) is 12.9. The van der Waals surface area contributed by atoms with Crippen LogP contribution in [-0.2, 0) is 4.79 Å². The fourth-order valence-corrected chi connectivity index (χ4v) is 2.12. The number of aliphatic hydroxyl groups excluding tert-OH is 1. The van der Waals surface area contributed by atoms with Crippen molar-refractivity contribution in [3.05, 3.63) is 65.2 Å². The van der Waals surface area contributed by atoms with Crippen molar-refractivity contribution in [3.63, 3.8) is 0 Å². The lowest BCUT2D eigenvalue weighted by Crippen LogP contribution is -2.32. The van der Waals surface area contributed by atoms with E-state index in [0.29, 0.717) is 5.75 Å². The van der Waals surface area contributed by atoms with E-state index >= 15 is 0 Å². The molecule has 0 fully saturated rings. The Balaban J connectivity index is 1.78. The van der Waals surface area contributed by atoms with Gasteiger partial charge in [0.25, 0.3) is 5.91 Å². The van der Waals surface area contributed by atoms with Gasteiger partial charge < -0.3 is 15.2 Å². The van der Waals surface area contributed by atoms with Crippen LogP contribution in [0.5, 0.6) is 5.75 Å². The summed E-state index contributed by atoms with van der Waals surface area (Å²) in [6.07, 6.45) is -0.718. The molecule has 2 aromatic carbocycles. The molecule has 116 valence electrons. The predicted molar refractivity (Wildman–Crippen MR) is 85.8 cm³/mol. The highest BCUT2D eigenvalue weighted by Gasteiger charge is 2.11. The number of hydrogen-bond acceptors (Lipinski definition) is 3. The van der Waals surface area contributed by atoms with Gasteiger partial charge in [-0.1, -0.05) is 42.0 Å². The van der Waals surface area contributed by atoms with Gasteiger partial charge in [-0.25, -0.2) is 0 Å². The standard InChI is InChI=1S/C18H21NO3/c1-13-7-9-15(10-8-13)22-12-18(21)19-11-17(20)16-6-4-3-5-14(16)2/h3-10,17,20H,11-12H2,1-2H3,(H,19,21). The molecular formula is C18H21NO3. The van der Waals surface area contributed by atoms with Crippen LogP contribution in [0.15, 0.2) is 48.5 Å². The Morgan fingerprint density at radius 2 is 1.82 bits per heavy atom. The Labute approximate surface area is 130 Å². The topological polar surface area (TPSA) is 58.6 Å². The average molecular weight is 299 g/mol. The summed E-state index contributed by atoms with van der Waals surface area (Å²) in [7, 11) is 0. The lowest BCUT2D eigenvalue weighted by atomic mass is 10.0. The second kappa shape index (κ2) is 7.61. The second-order valence-electron chi connectivity index (χ2n) is 5.28. The van der Waals surface area contributed by atoms with Gasteiger partial charge in [0.1, 0.15) is 5.75 Å². The molecule has 0 aliphatic heterocycles. The number of hydrogen-bond donors (Lipinski definition) is 2. The maximum Gasteiger partial charge on any atom is 0.258 e. The second-order valence-corrected chi connectivity index (χ2v) is 5.28. The van der Waals surface area contributed by atoms with E-state index in [2.05, 4.69) is 5.32 Å². The van der Waals surface area contributed by atoms with Crippen molar-refractivity contribution in [1.82, 2.24) is 5.32 Å². The largest absolute Gasteiger partial charge is 0.484 e. The number of carbonyl (C=O) groups is 1. The fourth-order valence-electron chi connectivity index (χ4n) is 2.12. The molecule has 4 heteroatoms. The monoisotopic (exact) mass is 299 g/mol. The van der Waals surface area contributed by atoms with E-state index in [9.17, 15) is 9.90 Å². The molecule has 22 heavy (non-hydrogen) atoms. The number of benzene rings is 2. The van der Waals surface area contributed by atoms with E-state index in [1.807, 2.05) is 62.4 Å². The fraction of sp³-hybridized carbons (Fsp3) is 0.278. The highest BCUT2D eigenvalue weighted by molar-refractivity contribution is 5.77. The quantitative estimate of drug-likeness (QED) is 0.862. The SMILES string of the molecule is Cc1ccc(OCC(=O)NCC(O)c2ccccc2C)cc1. The summed E-state index contributed by atoms with van der Waals surface area (Å²) in [4.78, 5) is 11.8. The van der Waals surface area contributed by atoms with Gasteiger partial charge in [-0.2, -0.15) is 0 Å². The van der Waals surface area contributed by atoms with Crippen molar-refractivity contribution >= 4 is 5.91 Å². The number of nitrogens with one attached hydrogen (secondary N) is 1. The zero-order valence-corrected chi connectivity index (χ0v) is 12.9. The molecular weight excluding hydrogens is 278 g/mol. The van der Waals surface area contributed by atoms with E-state index in [0.717, 1.165) is 16.7 Å². The number of carbonyl (C=O) groups excluding carboxylic acids is 1. The lowest BCUT2D eigenvalue weighted by molar-refractivity contribution is -0.123. The molecule has 0 radical (unpaired) electrons. The molecule has 1 unspecified atom stereocenters. The minimum atomic E-state index is -0.718. The highest BCUT2D eigenvalue weighted by atomic mass is 16.5. The summed E-state index contributed by atoms with van der Waals surface area (Å²) < 4.78 is 5.39. The van der Waals surface area contributed by atoms with Crippen LogP contribution in [0, 0.1) is 13.8 Å². The smallest absolute Gasteiger partial charge is 0.258 e. The number of rotatable bonds is 6. The first-order valence-electron chi connectivity index (χ1n) is 7.26. The van der Waals surface area contributed by atoms with Gasteiger partial charge in [-0.15, -0.1) is 0 Å². The Hall–Kier alpha value is -2.33. The van der Waals surface area contributed by atoms with Crippen molar-refractivity contribution < 1.29 is 14.6 Å². The van der Waals surface area contributed by atoms with Gasteiger partial charge in [0.05, 0.1) is 6.10 Å². The van der Waals surface area contributed by atoms with Crippen LogP contribution in [-0.4, -0.2) is 24.2 Å². The van der Waals surface area contributed by atoms with E-state index in [1.165, 1.54) is 0 Å². The molecule has 2 aromatic rings. The van der Waals surface area contributed by atoms with Crippen molar-refractivity contribution in [2.75, 3.05) is 13.2 Å². The van der Waals surface area contributed by atoms with Gasteiger partial charge in [-0.3, -0.25) is 4.79 Å². The number of aryl methyl sites for hydroxylation is 2. The summed E-state index contributed by atoms with van der Waals surface area (Å²) in [5.41, 5.74) is 2.96. The van der Waals surface area contributed by atoms with Gasteiger partial charge in [-0.05, 0) is 37.1 Å². The maximum atomic E-state index is 11.8. The van der Waals surface area contributed by atoms with Crippen LogP contribution >= 0.6 is 0 Å². The highest BCUT2D eigenvalue weighted by Crippen LogP contribution is 2.16. The summed E-state index contributed by atoms with van der Waals surface area (Å²) in [6, 6.07) is 15.1. The van der Waals surface area contributed by atoms with Gasteiger partial charge >= 0.3 is 0 Å². The summed E-state index contributed by atoms with van der Waals surface area (Å²) in [5.74, 6) is 0.397. The molecule has 2 N–H and O–H groups in total. The number of amides is 1. The van der Waals surface area contributed by atoms with E-state index in [4.69, 9.17) is 4.74 Å². The van der Waals surface area contributed by atoms with Gasteiger partial charge in [0.2, 0.25) is 0 Å². The molecule has 0 saturated heterocycles. The van der Waals surface area contributed by atoms with Crippen LogP contribution in [0.3, 0.4) is 0 Å². The lowest BCUT2D eigenvalue weighted by Gasteiger charge is -2.14. The minimum absolute atomic E-state index is 0.0659. The Kier molecular flexibility index (Phi) is 5.55. The first-order valence-corrected chi connectivity index (χ1v) is 7.26. The van der Waals surface area contributed by atoms with Crippen LogP contribution in [0.25, 0.3) is 0 Å². The molecule has 4 nitrogen and oxygen atoms in total. The van der Waals surface area contributed by atoms with Crippen molar-refractivity contribution in [3.8, 4) is 5.75 Å². The first-order chi connectivity index (χ1) is 10.6. The Morgan fingerprint density at radius 1 is 1.14 bits per heavy atom. The molecule has 0 aliphatic rings. The van der Waals surface area contributed by atoms with Gasteiger partial charge in [0, 0.05) is 6.54 Å². The summed E-state index contributed by atoms with van der Waals surface area (Å²) in [6.45, 7) is 4.02. The third-order valence-electron chi connectivity index (χ3n) is 3.43. The molecule has 0 spiro atoms. The Morgan fingerprint density at radius 3 is 2.50 bits per heavy atom. The molecule has 0 saturated carbocycles. The van der Waals surface area contributed by atoms with Crippen LogP contribution in [0.2, 0.25) is 0 Å². The molecule has 0 heterocycles. The summed E-state index contributed by atoms with van der Waals surface area (Å²) in [5, 5.41) is 12.8. The molecule has 2 rings (SSSR count). The van der Waals surface area contributed by atoms with Crippen LogP contribution in [0.4, 0.5) is 0 Å². The van der Waals surface area contributed by atoms with Crippen molar-refractivity contribution in [2.24, 2.45) is 0 Å². The van der Waals surface area contributed by atoms with Crippen molar-refractivity contribution in [2.45, 2.75) is 20.0 Å². The van der Waals surface area contributed by atoms with Crippen LogP contribution in [0.1, 0.15) is 22.8 Å². The summed E-state index contributed by atoms with van der Waals surface area (Å²) >= 11 is 0. The molecule has 1 amide bonds. The minimum Gasteiger partial charge on any atom is -0.484 e. The van der Waals surface area contributed by atoms with E-state index < -0.39 is 6.10 Å². The van der Waals surface area contributed by atoms with Crippen LogP contribution < -0.4 is 10.1 Å². The third kappa shape index (κ3) is 4.60. The molecule has 0 bridgehead atoms. The third-order valence-corrected chi connectivity index (χ3v) is 3.43. The van der Waals surface area contributed by atoms with Crippen molar-refractivity contribution in [1.29, 1.82) is 0 Å². The maximum absolute atomic E-state index is 11.8. The van der Waals surface area contributed by atoms with E-state index in [1.54, 1.807) is 0 Å². The van der Waals surface area contributed by atoms with E-state index in [-0.39, 0.29) is 19.1 Å². The molecule has 0 aliphatic carbocycles. The molecule has 0 aromatic heterocycles. The zero-order chi connectivity index (χ0) is 15.9. The Bertz CT molecular complexity index is 622. The van der Waals surface area contributed by atoms with Gasteiger partial charge in [0.15, 0.2) is 6.61 Å². The number of aliphatic hydroxyl groups is 1. The first kappa shape index (κ1) is 16.0. The number of ether oxygens (including phenoxy) is 1. The normalized spacial score (nSPS) is 11.8. The predicted octanol–water partition coefficient (Wildman–Crippen LogP) is 2.53. The average Bonchev–Trinajstić information content (AvgIpc) is 2.52.